The van der Waals surface area contributed by atoms with Crippen molar-refractivity contribution in [3.05, 3.63) is 0 Å². The number of esters is 1. The van der Waals surface area contributed by atoms with E-state index in [0.29, 0.717) is 6.61 Å². The summed E-state index contributed by atoms with van der Waals surface area (Å²) in [7, 11) is -3.48. The molecule has 0 amide bonds. The van der Waals surface area contributed by atoms with Crippen molar-refractivity contribution in [2.24, 2.45) is 0 Å². The third kappa shape index (κ3) is 3.96. The third-order valence-electron chi connectivity index (χ3n) is 2.80. The zero-order chi connectivity index (χ0) is 12.9. The number of ether oxygens (including phenoxy) is 2. The average molecular weight is 264 g/mol. The summed E-state index contributed by atoms with van der Waals surface area (Å²) < 4.78 is 34.2. The van der Waals surface area contributed by atoms with E-state index in [2.05, 4.69) is 0 Å². The summed E-state index contributed by atoms with van der Waals surface area (Å²) in [6, 6.07) is 0. The topological polar surface area (TPSA) is 69.7 Å². The Balaban J connectivity index is 2.67. The predicted octanol–water partition coefficient (Wildman–Crippen LogP) is 0.922. The maximum absolute atomic E-state index is 12.1. The highest BCUT2D eigenvalue weighted by molar-refractivity contribution is 7.92. The maximum Gasteiger partial charge on any atom is 0.324 e. The van der Waals surface area contributed by atoms with Crippen molar-refractivity contribution in [3.63, 3.8) is 0 Å². The van der Waals surface area contributed by atoms with E-state index in [-0.39, 0.29) is 24.9 Å². The number of carbonyl (C=O) groups is 1. The van der Waals surface area contributed by atoms with Gasteiger partial charge in [-0.25, -0.2) is 8.42 Å². The SMILES string of the molecule is CCOC(=O)C(CC)S(=O)(=O)CC1CCCO1. The molecule has 0 saturated carbocycles. The van der Waals surface area contributed by atoms with Crippen LogP contribution < -0.4 is 0 Å². The highest BCUT2D eigenvalue weighted by Crippen LogP contribution is 2.18. The highest BCUT2D eigenvalue weighted by atomic mass is 32.2. The molecule has 0 aromatic rings. The standard InChI is InChI=1S/C11H20O5S/c1-3-10(11(12)15-4-2)17(13,14)8-9-6-5-7-16-9/h9-10H,3-8H2,1-2H3. The second-order valence-corrected chi connectivity index (χ2v) is 6.34. The van der Waals surface area contributed by atoms with Crippen LogP contribution in [0, 0.1) is 0 Å². The van der Waals surface area contributed by atoms with E-state index < -0.39 is 21.1 Å². The Hall–Kier alpha value is -0.620. The molecule has 1 aliphatic heterocycles. The lowest BCUT2D eigenvalue weighted by atomic mass is 10.3. The lowest BCUT2D eigenvalue weighted by molar-refractivity contribution is -0.142. The molecule has 1 aliphatic rings. The summed E-state index contributed by atoms with van der Waals surface area (Å²) >= 11 is 0. The van der Waals surface area contributed by atoms with Gasteiger partial charge >= 0.3 is 5.97 Å². The fourth-order valence-electron chi connectivity index (χ4n) is 1.95. The second-order valence-electron chi connectivity index (χ2n) is 4.11. The van der Waals surface area contributed by atoms with Gasteiger partial charge in [0, 0.05) is 6.61 Å². The Morgan fingerprint density at radius 3 is 2.65 bits per heavy atom. The van der Waals surface area contributed by atoms with Gasteiger partial charge < -0.3 is 9.47 Å². The maximum atomic E-state index is 12.1. The number of sulfone groups is 1. The molecule has 17 heavy (non-hydrogen) atoms. The Kier molecular flexibility index (Phi) is 5.39. The second kappa shape index (κ2) is 6.35. The van der Waals surface area contributed by atoms with E-state index >= 15 is 0 Å². The first-order valence-corrected chi connectivity index (χ1v) is 7.72. The van der Waals surface area contributed by atoms with Crippen LogP contribution in [0.25, 0.3) is 0 Å². The van der Waals surface area contributed by atoms with E-state index in [1.54, 1.807) is 13.8 Å². The van der Waals surface area contributed by atoms with Crippen LogP contribution in [-0.2, 0) is 24.1 Å². The first kappa shape index (κ1) is 14.4. The first-order chi connectivity index (χ1) is 8.01. The Morgan fingerprint density at radius 2 is 2.18 bits per heavy atom. The van der Waals surface area contributed by atoms with Crippen LogP contribution in [0.5, 0.6) is 0 Å². The number of carbonyl (C=O) groups excluding carboxylic acids is 1. The quantitative estimate of drug-likeness (QED) is 0.667. The molecule has 1 rings (SSSR count). The average Bonchev–Trinajstić information content (AvgIpc) is 2.70. The van der Waals surface area contributed by atoms with Gasteiger partial charge in [0.25, 0.3) is 0 Å². The summed E-state index contributed by atoms with van der Waals surface area (Å²) in [5.41, 5.74) is 0. The Bertz CT molecular complexity index is 343. The minimum absolute atomic E-state index is 0.0790. The van der Waals surface area contributed by atoms with Crippen LogP contribution in [0.2, 0.25) is 0 Å². The van der Waals surface area contributed by atoms with Gasteiger partial charge in [-0.1, -0.05) is 6.92 Å². The van der Waals surface area contributed by atoms with Crippen LogP contribution in [0.4, 0.5) is 0 Å². The van der Waals surface area contributed by atoms with E-state index in [4.69, 9.17) is 9.47 Å². The number of rotatable bonds is 6. The minimum atomic E-state index is -3.48. The van der Waals surface area contributed by atoms with Gasteiger partial charge in [0.2, 0.25) is 0 Å². The molecule has 1 fully saturated rings. The molecular weight excluding hydrogens is 244 g/mol. The molecule has 100 valence electrons. The number of hydrogen-bond acceptors (Lipinski definition) is 5. The van der Waals surface area contributed by atoms with Crippen LogP contribution in [0.15, 0.2) is 0 Å². The molecule has 0 spiro atoms. The van der Waals surface area contributed by atoms with Crippen LogP contribution in [0.3, 0.4) is 0 Å². The molecule has 0 bridgehead atoms. The molecule has 0 aliphatic carbocycles. The van der Waals surface area contributed by atoms with Gasteiger partial charge in [-0.3, -0.25) is 4.79 Å². The predicted molar refractivity (Wildman–Crippen MR) is 63.5 cm³/mol. The van der Waals surface area contributed by atoms with E-state index in [1.807, 2.05) is 0 Å². The normalized spacial score (nSPS) is 22.4. The molecule has 2 unspecified atom stereocenters. The molecule has 6 heteroatoms. The van der Waals surface area contributed by atoms with Crippen LogP contribution >= 0.6 is 0 Å². The van der Waals surface area contributed by atoms with Crippen molar-refractivity contribution in [1.29, 1.82) is 0 Å². The highest BCUT2D eigenvalue weighted by Gasteiger charge is 2.35. The van der Waals surface area contributed by atoms with Gasteiger partial charge in [-0.2, -0.15) is 0 Å². The summed E-state index contributed by atoms with van der Waals surface area (Å²) in [6.45, 7) is 4.15. The lowest BCUT2D eigenvalue weighted by Crippen LogP contribution is -2.36. The van der Waals surface area contributed by atoms with E-state index in [9.17, 15) is 13.2 Å². The fraction of sp³-hybridized carbons (Fsp3) is 0.909. The third-order valence-corrected chi connectivity index (χ3v) is 5.03. The van der Waals surface area contributed by atoms with Crippen molar-refractivity contribution < 1.29 is 22.7 Å². The summed E-state index contributed by atoms with van der Waals surface area (Å²) in [5.74, 6) is -0.724. The Labute approximate surface area is 102 Å². The van der Waals surface area contributed by atoms with E-state index in [0.717, 1.165) is 12.8 Å². The van der Waals surface area contributed by atoms with Crippen molar-refractivity contribution in [3.8, 4) is 0 Å². The molecule has 0 radical (unpaired) electrons. The van der Waals surface area contributed by atoms with Crippen molar-refractivity contribution >= 4 is 15.8 Å². The molecule has 1 saturated heterocycles. The van der Waals surface area contributed by atoms with Crippen molar-refractivity contribution in [1.82, 2.24) is 0 Å². The molecule has 0 N–H and O–H groups in total. The Morgan fingerprint density at radius 1 is 1.47 bits per heavy atom. The lowest BCUT2D eigenvalue weighted by Gasteiger charge is -2.16. The van der Waals surface area contributed by atoms with Gasteiger partial charge in [-0.15, -0.1) is 0 Å². The summed E-state index contributed by atoms with van der Waals surface area (Å²) in [4.78, 5) is 11.6. The van der Waals surface area contributed by atoms with Gasteiger partial charge in [0.05, 0.1) is 18.5 Å². The van der Waals surface area contributed by atoms with E-state index in [1.165, 1.54) is 0 Å². The number of hydrogen-bond donors (Lipinski definition) is 0. The molecule has 0 aromatic heterocycles. The smallest absolute Gasteiger partial charge is 0.324 e. The minimum Gasteiger partial charge on any atom is -0.465 e. The summed E-state index contributed by atoms with van der Waals surface area (Å²) in [5, 5.41) is -1.05. The zero-order valence-electron chi connectivity index (χ0n) is 10.3. The van der Waals surface area contributed by atoms with Gasteiger partial charge in [-0.05, 0) is 26.2 Å². The van der Waals surface area contributed by atoms with Crippen LogP contribution in [-0.4, -0.2) is 44.7 Å². The fourth-order valence-corrected chi connectivity index (χ4v) is 3.84. The van der Waals surface area contributed by atoms with Crippen molar-refractivity contribution in [2.75, 3.05) is 19.0 Å². The van der Waals surface area contributed by atoms with Crippen molar-refractivity contribution in [2.45, 2.75) is 44.5 Å². The molecule has 0 aromatic carbocycles. The van der Waals surface area contributed by atoms with Gasteiger partial charge in [0.1, 0.15) is 0 Å². The first-order valence-electron chi connectivity index (χ1n) is 6.01. The molecule has 1 heterocycles. The monoisotopic (exact) mass is 264 g/mol. The van der Waals surface area contributed by atoms with Crippen LogP contribution in [0.1, 0.15) is 33.1 Å². The summed E-state index contributed by atoms with van der Waals surface area (Å²) in [6.07, 6.45) is 1.62. The molecule has 2 atom stereocenters. The molecule has 5 nitrogen and oxygen atoms in total. The van der Waals surface area contributed by atoms with Gasteiger partial charge in [0.15, 0.2) is 15.1 Å². The molecular formula is C11H20O5S. The largest absolute Gasteiger partial charge is 0.465 e. The zero-order valence-corrected chi connectivity index (χ0v) is 11.2.